The number of hydrogen-bond donors (Lipinski definition) is 1. The molecule has 0 aliphatic heterocycles. The summed E-state index contributed by atoms with van der Waals surface area (Å²) in [7, 11) is 0. The van der Waals surface area contributed by atoms with Crippen LogP contribution in [-0.2, 0) is 5.41 Å². The second-order valence-corrected chi connectivity index (χ2v) is 13.8. The zero-order chi connectivity index (χ0) is 32.7. The minimum absolute atomic E-state index is 0.0787. The normalized spacial score (nSPS) is 13.3. The number of nitrogens with one attached hydrogen (secondary N) is 1. The summed E-state index contributed by atoms with van der Waals surface area (Å²) >= 11 is 0. The van der Waals surface area contributed by atoms with E-state index in [0.29, 0.717) is 0 Å². The van der Waals surface area contributed by atoms with Gasteiger partial charge in [-0.2, -0.15) is 0 Å². The Morgan fingerprint density at radius 3 is 2.04 bits per heavy atom. The lowest BCUT2D eigenvalue weighted by Gasteiger charge is -2.22. The molecule has 8 aromatic carbocycles. The highest BCUT2D eigenvalue weighted by atomic mass is 16.3. The lowest BCUT2D eigenvalue weighted by molar-refractivity contribution is 0.660. The third kappa shape index (κ3) is 4.20. The molecule has 0 saturated carbocycles. The Morgan fingerprint density at radius 2 is 1.16 bits per heavy atom. The lowest BCUT2D eigenvalue weighted by atomic mass is 9.82. The van der Waals surface area contributed by atoms with Crippen molar-refractivity contribution in [3.63, 3.8) is 0 Å². The van der Waals surface area contributed by atoms with Gasteiger partial charge in [-0.05, 0) is 91.5 Å². The van der Waals surface area contributed by atoms with Crippen LogP contribution in [-0.4, -0.2) is 0 Å². The fourth-order valence-electron chi connectivity index (χ4n) is 8.18. The first-order chi connectivity index (χ1) is 24.0. The molecule has 1 aromatic heterocycles. The highest BCUT2D eigenvalue weighted by molar-refractivity contribution is 6.24. The Labute approximate surface area is 285 Å². The molecular formula is C47H33NO. The fourth-order valence-corrected chi connectivity index (χ4v) is 8.18. The number of benzene rings is 8. The average Bonchev–Trinajstić information content (AvgIpc) is 3.65. The van der Waals surface area contributed by atoms with Crippen LogP contribution in [0.3, 0.4) is 0 Å². The van der Waals surface area contributed by atoms with Crippen molar-refractivity contribution in [2.24, 2.45) is 0 Å². The molecule has 0 radical (unpaired) electrons. The Bertz CT molecular complexity index is 2770. The molecule has 1 aliphatic carbocycles. The Balaban J connectivity index is 1.23. The third-order valence-corrected chi connectivity index (χ3v) is 10.6. The van der Waals surface area contributed by atoms with Crippen molar-refractivity contribution in [3.05, 3.63) is 169 Å². The largest absolute Gasteiger partial charge is 0.455 e. The van der Waals surface area contributed by atoms with Gasteiger partial charge in [-0.15, -0.1) is 0 Å². The van der Waals surface area contributed by atoms with Crippen LogP contribution in [0.5, 0.6) is 0 Å². The van der Waals surface area contributed by atoms with E-state index < -0.39 is 0 Å². The summed E-state index contributed by atoms with van der Waals surface area (Å²) in [6, 6.07) is 56.9. The van der Waals surface area contributed by atoms with Crippen molar-refractivity contribution in [2.75, 3.05) is 5.32 Å². The van der Waals surface area contributed by atoms with Crippen molar-refractivity contribution in [3.8, 4) is 33.4 Å². The minimum Gasteiger partial charge on any atom is -0.455 e. The number of hydrogen-bond acceptors (Lipinski definition) is 2. The summed E-state index contributed by atoms with van der Waals surface area (Å²) in [6.45, 7) is 4.66. The van der Waals surface area contributed by atoms with Crippen molar-refractivity contribution in [1.82, 2.24) is 0 Å². The highest BCUT2D eigenvalue weighted by Gasteiger charge is 2.35. The molecule has 1 heterocycles. The Morgan fingerprint density at radius 1 is 0.449 bits per heavy atom. The summed E-state index contributed by atoms with van der Waals surface area (Å²) in [5.74, 6) is 0. The van der Waals surface area contributed by atoms with E-state index in [-0.39, 0.29) is 5.41 Å². The van der Waals surface area contributed by atoms with Gasteiger partial charge in [0.1, 0.15) is 11.2 Å². The molecular weight excluding hydrogens is 595 g/mol. The molecule has 1 N–H and O–H groups in total. The van der Waals surface area contributed by atoms with E-state index in [1.54, 1.807) is 0 Å². The first-order valence-corrected chi connectivity index (χ1v) is 17.0. The van der Waals surface area contributed by atoms with Gasteiger partial charge in [0.2, 0.25) is 0 Å². The molecule has 0 amide bonds. The average molecular weight is 628 g/mol. The van der Waals surface area contributed by atoms with Crippen molar-refractivity contribution in [1.29, 1.82) is 0 Å². The molecule has 1 aliphatic rings. The maximum atomic E-state index is 7.04. The van der Waals surface area contributed by atoms with E-state index in [2.05, 4.69) is 177 Å². The van der Waals surface area contributed by atoms with Crippen LogP contribution >= 0.6 is 0 Å². The monoisotopic (exact) mass is 627 g/mol. The standard InChI is InChI=1S/C47H33NO/c1-47(2)41-19-11-10-17-36(41)37-23-22-33(27-42(37)47)48-43-25-24-34(32-21-20-29-12-6-7-15-31(29)26-32)46-44(43)40-28-39(30-13-4-3-5-14-30)35-16-8-9-18-38(35)45(40)49-46/h3-28,48H,1-2H3. The van der Waals surface area contributed by atoms with E-state index in [1.807, 2.05) is 0 Å². The molecule has 0 atom stereocenters. The molecule has 2 nitrogen and oxygen atoms in total. The first-order valence-electron chi connectivity index (χ1n) is 17.0. The first kappa shape index (κ1) is 27.9. The molecule has 0 bridgehead atoms. The summed E-state index contributed by atoms with van der Waals surface area (Å²) in [5, 5.41) is 10.8. The molecule has 2 heteroatoms. The molecule has 0 unspecified atom stereocenters. The van der Waals surface area contributed by atoms with Gasteiger partial charge in [0.15, 0.2) is 0 Å². The van der Waals surface area contributed by atoms with Gasteiger partial charge in [-0.3, -0.25) is 0 Å². The van der Waals surface area contributed by atoms with E-state index in [4.69, 9.17) is 4.42 Å². The summed E-state index contributed by atoms with van der Waals surface area (Å²) < 4.78 is 7.04. The topological polar surface area (TPSA) is 25.2 Å². The van der Waals surface area contributed by atoms with Crippen LogP contribution in [0.1, 0.15) is 25.0 Å². The molecule has 232 valence electrons. The van der Waals surface area contributed by atoms with Crippen LogP contribution < -0.4 is 5.32 Å². The van der Waals surface area contributed by atoms with Crippen LogP contribution in [0.4, 0.5) is 11.4 Å². The Kier molecular flexibility index (Phi) is 5.95. The van der Waals surface area contributed by atoms with Gasteiger partial charge in [0.05, 0.1) is 11.1 Å². The maximum absolute atomic E-state index is 7.04. The van der Waals surface area contributed by atoms with Gasteiger partial charge in [-0.1, -0.05) is 135 Å². The van der Waals surface area contributed by atoms with Crippen LogP contribution in [0.15, 0.2) is 162 Å². The number of fused-ring (bicyclic) bond motifs is 9. The van der Waals surface area contributed by atoms with E-state index in [1.165, 1.54) is 49.5 Å². The van der Waals surface area contributed by atoms with E-state index >= 15 is 0 Å². The smallest absolute Gasteiger partial charge is 0.145 e. The summed E-state index contributed by atoms with van der Waals surface area (Å²) in [4.78, 5) is 0. The van der Waals surface area contributed by atoms with Gasteiger partial charge in [-0.25, -0.2) is 0 Å². The predicted molar refractivity (Wildman–Crippen MR) is 207 cm³/mol. The fraction of sp³-hybridized carbons (Fsp3) is 0.0638. The summed E-state index contributed by atoms with van der Waals surface area (Å²) in [5.41, 5.74) is 13.8. The van der Waals surface area contributed by atoms with Crippen LogP contribution in [0.25, 0.3) is 76.9 Å². The Hall–Kier alpha value is -6.12. The second kappa shape index (κ2) is 10.4. The summed E-state index contributed by atoms with van der Waals surface area (Å²) in [6.07, 6.45) is 0. The number of furan rings is 1. The molecule has 10 rings (SSSR count). The zero-order valence-electron chi connectivity index (χ0n) is 27.4. The van der Waals surface area contributed by atoms with Crippen molar-refractivity contribution >= 4 is 54.9 Å². The molecule has 49 heavy (non-hydrogen) atoms. The van der Waals surface area contributed by atoms with Crippen molar-refractivity contribution in [2.45, 2.75) is 19.3 Å². The maximum Gasteiger partial charge on any atom is 0.145 e. The second-order valence-electron chi connectivity index (χ2n) is 13.8. The predicted octanol–water partition coefficient (Wildman–Crippen LogP) is 13.3. The zero-order valence-corrected chi connectivity index (χ0v) is 27.4. The van der Waals surface area contributed by atoms with Gasteiger partial charge in [0.25, 0.3) is 0 Å². The molecule has 0 spiro atoms. The van der Waals surface area contributed by atoms with Gasteiger partial charge < -0.3 is 9.73 Å². The number of rotatable bonds is 4. The van der Waals surface area contributed by atoms with E-state index in [0.717, 1.165) is 49.8 Å². The van der Waals surface area contributed by atoms with Crippen LogP contribution in [0.2, 0.25) is 0 Å². The quantitative estimate of drug-likeness (QED) is 0.210. The molecule has 0 saturated heterocycles. The van der Waals surface area contributed by atoms with E-state index in [9.17, 15) is 0 Å². The molecule has 0 fully saturated rings. The van der Waals surface area contributed by atoms with Gasteiger partial charge >= 0.3 is 0 Å². The van der Waals surface area contributed by atoms with Crippen LogP contribution in [0, 0.1) is 0 Å². The van der Waals surface area contributed by atoms with Gasteiger partial charge in [0, 0.05) is 27.4 Å². The third-order valence-electron chi connectivity index (χ3n) is 10.6. The van der Waals surface area contributed by atoms with Crippen molar-refractivity contribution < 1.29 is 4.42 Å². The lowest BCUT2D eigenvalue weighted by Crippen LogP contribution is -2.15. The molecule has 9 aromatic rings. The number of anilines is 2. The SMILES string of the molecule is CC1(C)c2ccccc2-c2ccc(Nc3ccc(-c4ccc5ccccc5c4)c4oc5c6ccccc6c(-c6ccccc6)cc5c34)cc21. The highest BCUT2D eigenvalue weighted by Crippen LogP contribution is 2.50. The minimum atomic E-state index is -0.0787.